The lowest BCUT2D eigenvalue weighted by Gasteiger charge is -2.23. The number of para-hydroxylation sites is 1. The molecule has 0 bridgehead atoms. The fraction of sp³-hybridized carbons (Fsp3) is 0.318. The van der Waals surface area contributed by atoms with E-state index in [0.717, 1.165) is 23.2 Å². The van der Waals surface area contributed by atoms with Crippen LogP contribution in [0.5, 0.6) is 0 Å². The van der Waals surface area contributed by atoms with Crippen LogP contribution < -0.4 is 5.32 Å². The number of nitrogens with one attached hydrogen (secondary N) is 1. The highest BCUT2D eigenvalue weighted by Crippen LogP contribution is 2.26. The van der Waals surface area contributed by atoms with Crippen molar-refractivity contribution < 1.29 is 9.21 Å². The van der Waals surface area contributed by atoms with Crippen LogP contribution in [0.2, 0.25) is 0 Å². The van der Waals surface area contributed by atoms with Gasteiger partial charge in [-0.1, -0.05) is 42.0 Å². The number of nitrogens with zero attached hydrogens (tertiary/aromatic N) is 1. The molecule has 2 aromatic carbocycles. The normalized spacial score (nSPS) is 12.2. The molecule has 0 saturated carbocycles. The summed E-state index contributed by atoms with van der Waals surface area (Å²) in [5, 5.41) is 4.06. The predicted molar refractivity (Wildman–Crippen MR) is 105 cm³/mol. The van der Waals surface area contributed by atoms with Crippen LogP contribution in [0.1, 0.15) is 35.4 Å². The van der Waals surface area contributed by atoms with Crippen LogP contribution >= 0.6 is 0 Å². The summed E-state index contributed by atoms with van der Waals surface area (Å²) in [6.45, 7) is 6.79. The van der Waals surface area contributed by atoms with Crippen molar-refractivity contribution in [3.05, 3.63) is 71.0 Å². The number of furan rings is 1. The average Bonchev–Trinajstić information content (AvgIpc) is 3.06. The molecule has 0 aliphatic heterocycles. The third kappa shape index (κ3) is 3.90. The number of carbonyl (C=O) groups is 1. The van der Waals surface area contributed by atoms with E-state index >= 15 is 0 Å². The number of fused-ring (bicyclic) bond motifs is 1. The van der Waals surface area contributed by atoms with Crippen molar-refractivity contribution in [3.63, 3.8) is 0 Å². The molecule has 1 unspecified atom stereocenters. The van der Waals surface area contributed by atoms with Gasteiger partial charge >= 0.3 is 6.03 Å². The molecule has 1 heterocycles. The maximum absolute atomic E-state index is 12.5. The van der Waals surface area contributed by atoms with E-state index in [-0.39, 0.29) is 12.1 Å². The van der Waals surface area contributed by atoms with Gasteiger partial charge in [-0.2, -0.15) is 0 Å². The summed E-state index contributed by atoms with van der Waals surface area (Å²) in [5.74, 6) is 0.790. The first-order chi connectivity index (χ1) is 12.5. The second kappa shape index (κ2) is 7.65. The number of benzene rings is 2. The molecule has 0 radical (unpaired) electrons. The SMILES string of the molecule is Cc1ccc(CCNC(=O)N(C)C(C)c2cc3ccccc3o2)c(C)c1. The van der Waals surface area contributed by atoms with Crippen molar-refractivity contribution in [2.45, 2.75) is 33.2 Å². The predicted octanol–water partition coefficient (Wildman–Crippen LogP) is 4.99. The molecule has 136 valence electrons. The molecule has 3 rings (SSSR count). The summed E-state index contributed by atoms with van der Waals surface area (Å²) in [6, 6.07) is 16.1. The lowest BCUT2D eigenvalue weighted by molar-refractivity contribution is 0.188. The molecule has 1 aromatic heterocycles. The zero-order valence-corrected chi connectivity index (χ0v) is 15.9. The van der Waals surface area contributed by atoms with Crippen molar-refractivity contribution in [2.24, 2.45) is 0 Å². The molecule has 0 spiro atoms. The van der Waals surface area contributed by atoms with E-state index in [4.69, 9.17) is 4.42 Å². The smallest absolute Gasteiger partial charge is 0.317 e. The van der Waals surface area contributed by atoms with Gasteiger partial charge in [-0.3, -0.25) is 0 Å². The van der Waals surface area contributed by atoms with Gasteiger partial charge in [0.2, 0.25) is 0 Å². The molecular weight excluding hydrogens is 324 g/mol. The number of aryl methyl sites for hydroxylation is 2. The Labute approximate surface area is 154 Å². The average molecular weight is 350 g/mol. The Kier molecular flexibility index (Phi) is 5.31. The van der Waals surface area contributed by atoms with Crippen molar-refractivity contribution >= 4 is 17.0 Å². The summed E-state index contributed by atoms with van der Waals surface area (Å²) < 4.78 is 5.88. The Morgan fingerprint density at radius 1 is 1.15 bits per heavy atom. The van der Waals surface area contributed by atoms with E-state index in [1.165, 1.54) is 16.7 Å². The van der Waals surface area contributed by atoms with Gasteiger partial charge < -0.3 is 14.6 Å². The van der Waals surface area contributed by atoms with E-state index in [2.05, 4.69) is 37.4 Å². The van der Waals surface area contributed by atoms with Gasteiger partial charge in [0, 0.05) is 19.0 Å². The van der Waals surface area contributed by atoms with Gasteiger partial charge in [-0.15, -0.1) is 0 Å². The van der Waals surface area contributed by atoms with E-state index in [9.17, 15) is 4.79 Å². The van der Waals surface area contributed by atoms with E-state index in [1.54, 1.807) is 11.9 Å². The zero-order chi connectivity index (χ0) is 18.7. The second-order valence-electron chi connectivity index (χ2n) is 6.89. The summed E-state index contributed by atoms with van der Waals surface area (Å²) in [6.07, 6.45) is 0.824. The van der Waals surface area contributed by atoms with Crippen LogP contribution in [-0.4, -0.2) is 24.5 Å². The highest BCUT2D eigenvalue weighted by atomic mass is 16.3. The lowest BCUT2D eigenvalue weighted by atomic mass is 10.0. The minimum absolute atomic E-state index is 0.0947. The number of urea groups is 1. The van der Waals surface area contributed by atoms with Crippen LogP contribution in [0.4, 0.5) is 4.79 Å². The summed E-state index contributed by atoms with van der Waals surface area (Å²) >= 11 is 0. The van der Waals surface area contributed by atoms with Gasteiger partial charge in [-0.05, 0) is 50.5 Å². The molecule has 2 amide bonds. The van der Waals surface area contributed by atoms with Crippen molar-refractivity contribution in [1.29, 1.82) is 0 Å². The van der Waals surface area contributed by atoms with Crippen LogP contribution in [0, 0.1) is 13.8 Å². The molecule has 1 atom stereocenters. The summed E-state index contributed by atoms with van der Waals surface area (Å²) in [5.41, 5.74) is 4.64. The first-order valence-corrected chi connectivity index (χ1v) is 9.01. The molecular formula is C22H26N2O2. The minimum Gasteiger partial charge on any atom is -0.459 e. The maximum Gasteiger partial charge on any atom is 0.317 e. The van der Waals surface area contributed by atoms with Gasteiger partial charge in [0.15, 0.2) is 0 Å². The zero-order valence-electron chi connectivity index (χ0n) is 15.9. The van der Waals surface area contributed by atoms with Crippen molar-refractivity contribution in [3.8, 4) is 0 Å². The Morgan fingerprint density at radius 3 is 2.65 bits per heavy atom. The van der Waals surface area contributed by atoms with Crippen LogP contribution in [0.25, 0.3) is 11.0 Å². The third-order valence-electron chi connectivity index (χ3n) is 4.93. The number of hydrogen-bond donors (Lipinski definition) is 1. The molecule has 0 fully saturated rings. The van der Waals surface area contributed by atoms with Crippen molar-refractivity contribution in [1.82, 2.24) is 10.2 Å². The molecule has 4 heteroatoms. The Balaban J connectivity index is 1.58. The Morgan fingerprint density at radius 2 is 1.92 bits per heavy atom. The lowest BCUT2D eigenvalue weighted by Crippen LogP contribution is -2.39. The summed E-state index contributed by atoms with van der Waals surface area (Å²) in [4.78, 5) is 14.2. The Bertz CT molecular complexity index is 880. The molecule has 4 nitrogen and oxygen atoms in total. The van der Waals surface area contributed by atoms with Gasteiger partial charge in [0.1, 0.15) is 11.3 Å². The highest BCUT2D eigenvalue weighted by Gasteiger charge is 2.20. The van der Waals surface area contributed by atoms with Gasteiger partial charge in [0.05, 0.1) is 6.04 Å². The van der Waals surface area contributed by atoms with Crippen LogP contribution in [0.15, 0.2) is 52.9 Å². The minimum atomic E-state index is -0.136. The number of carbonyl (C=O) groups excluding carboxylic acids is 1. The second-order valence-corrected chi connectivity index (χ2v) is 6.89. The molecule has 26 heavy (non-hydrogen) atoms. The monoisotopic (exact) mass is 350 g/mol. The first-order valence-electron chi connectivity index (χ1n) is 9.01. The third-order valence-corrected chi connectivity index (χ3v) is 4.93. The molecule has 0 aliphatic carbocycles. The Hall–Kier alpha value is -2.75. The van der Waals surface area contributed by atoms with Gasteiger partial charge in [0.25, 0.3) is 0 Å². The van der Waals surface area contributed by atoms with E-state index < -0.39 is 0 Å². The van der Waals surface area contributed by atoms with Crippen LogP contribution in [0.3, 0.4) is 0 Å². The van der Waals surface area contributed by atoms with E-state index in [1.807, 2.05) is 37.3 Å². The quantitative estimate of drug-likeness (QED) is 0.704. The largest absolute Gasteiger partial charge is 0.459 e. The number of hydrogen-bond acceptors (Lipinski definition) is 2. The van der Waals surface area contributed by atoms with Crippen LogP contribution in [-0.2, 0) is 6.42 Å². The summed E-state index contributed by atoms with van der Waals surface area (Å²) in [7, 11) is 1.80. The molecule has 0 aliphatic rings. The fourth-order valence-electron chi connectivity index (χ4n) is 3.13. The molecule has 3 aromatic rings. The van der Waals surface area contributed by atoms with Gasteiger partial charge in [-0.25, -0.2) is 4.79 Å². The van der Waals surface area contributed by atoms with E-state index in [0.29, 0.717) is 6.54 Å². The van der Waals surface area contributed by atoms with Crippen molar-refractivity contribution in [2.75, 3.05) is 13.6 Å². The molecule has 0 saturated heterocycles. The molecule has 1 N–H and O–H groups in total. The standard InChI is InChI=1S/C22H26N2O2/c1-15-9-10-18(16(2)13-15)11-12-23-22(25)24(4)17(3)21-14-19-7-5-6-8-20(19)26-21/h5-10,13-14,17H,11-12H2,1-4H3,(H,23,25). The number of amides is 2. The first kappa shape index (κ1) is 18.1. The number of rotatable bonds is 5. The topological polar surface area (TPSA) is 45.5 Å². The maximum atomic E-state index is 12.5. The highest BCUT2D eigenvalue weighted by molar-refractivity contribution is 5.78. The fourth-order valence-corrected chi connectivity index (χ4v) is 3.13.